The molecule has 5 heteroatoms. The average molecular weight is 316 g/mol. The molecule has 1 saturated heterocycles. The minimum Gasteiger partial charge on any atom is -0.394 e. The van der Waals surface area contributed by atoms with Crippen LogP contribution in [-0.4, -0.2) is 35.1 Å². The molecule has 18 heavy (non-hydrogen) atoms. The first-order valence-corrected chi connectivity index (χ1v) is 6.70. The van der Waals surface area contributed by atoms with Crippen molar-refractivity contribution in [2.75, 3.05) is 13.2 Å². The monoisotopic (exact) mass is 315 g/mol. The van der Waals surface area contributed by atoms with Crippen LogP contribution in [-0.2, 0) is 0 Å². The molecule has 1 aromatic rings. The van der Waals surface area contributed by atoms with E-state index in [0.717, 1.165) is 6.42 Å². The Morgan fingerprint density at radius 3 is 3.00 bits per heavy atom. The van der Waals surface area contributed by atoms with E-state index in [9.17, 15) is 14.3 Å². The van der Waals surface area contributed by atoms with Crippen molar-refractivity contribution >= 4 is 21.8 Å². The van der Waals surface area contributed by atoms with E-state index in [1.807, 2.05) is 6.92 Å². The Kier molecular flexibility index (Phi) is 4.02. The van der Waals surface area contributed by atoms with Crippen LogP contribution in [0.1, 0.15) is 23.7 Å². The van der Waals surface area contributed by atoms with Crippen molar-refractivity contribution in [2.24, 2.45) is 5.92 Å². The molecule has 1 aromatic carbocycles. The zero-order valence-corrected chi connectivity index (χ0v) is 11.7. The molecule has 0 saturated carbocycles. The number of hydrogen-bond donors (Lipinski definition) is 1. The molecule has 0 bridgehead atoms. The predicted octanol–water partition coefficient (Wildman–Crippen LogP) is 2.43. The maximum atomic E-state index is 13.2. The molecule has 0 radical (unpaired) electrons. The lowest BCUT2D eigenvalue weighted by Crippen LogP contribution is -2.40. The third-order valence-corrected chi connectivity index (χ3v) is 4.18. The highest BCUT2D eigenvalue weighted by molar-refractivity contribution is 9.10. The van der Waals surface area contributed by atoms with Crippen LogP contribution >= 0.6 is 15.9 Å². The van der Waals surface area contributed by atoms with Gasteiger partial charge < -0.3 is 10.0 Å². The van der Waals surface area contributed by atoms with Crippen molar-refractivity contribution in [3.05, 3.63) is 34.1 Å². The Hall–Kier alpha value is -0.940. The second-order valence-electron chi connectivity index (χ2n) is 4.64. The molecule has 0 aromatic heterocycles. The Morgan fingerprint density at radius 1 is 1.61 bits per heavy atom. The topological polar surface area (TPSA) is 40.5 Å². The van der Waals surface area contributed by atoms with E-state index in [2.05, 4.69) is 15.9 Å². The normalized spacial score (nSPS) is 23.4. The quantitative estimate of drug-likeness (QED) is 0.910. The van der Waals surface area contributed by atoms with Crippen LogP contribution in [0.3, 0.4) is 0 Å². The maximum Gasteiger partial charge on any atom is 0.255 e. The Morgan fingerprint density at radius 2 is 2.33 bits per heavy atom. The zero-order chi connectivity index (χ0) is 13.3. The van der Waals surface area contributed by atoms with E-state index in [4.69, 9.17) is 0 Å². The number of hydrogen-bond acceptors (Lipinski definition) is 2. The van der Waals surface area contributed by atoms with Crippen LogP contribution in [0, 0.1) is 11.7 Å². The standard InChI is InChI=1S/C13H15BrFNO2/c1-8-4-5-16(12(8)7-17)13(18)10-6-9(15)2-3-11(10)14/h2-3,6,8,12,17H,4-5,7H2,1H3. The lowest BCUT2D eigenvalue weighted by Gasteiger charge is -2.25. The van der Waals surface area contributed by atoms with E-state index in [-0.39, 0.29) is 24.5 Å². The van der Waals surface area contributed by atoms with Gasteiger partial charge in [0.15, 0.2) is 0 Å². The number of aliphatic hydroxyl groups is 1. The molecule has 1 amide bonds. The Labute approximate surface area is 114 Å². The summed E-state index contributed by atoms with van der Waals surface area (Å²) in [5.74, 6) is -0.398. The Balaban J connectivity index is 2.28. The van der Waals surface area contributed by atoms with Gasteiger partial charge in [-0.05, 0) is 46.5 Å². The van der Waals surface area contributed by atoms with E-state index in [1.165, 1.54) is 18.2 Å². The summed E-state index contributed by atoms with van der Waals surface area (Å²) < 4.78 is 13.8. The second-order valence-corrected chi connectivity index (χ2v) is 5.49. The molecule has 1 N–H and O–H groups in total. The van der Waals surface area contributed by atoms with Gasteiger partial charge in [0.25, 0.3) is 5.91 Å². The number of carbonyl (C=O) groups excluding carboxylic acids is 1. The van der Waals surface area contributed by atoms with Crippen LogP contribution < -0.4 is 0 Å². The first kappa shape index (κ1) is 13.5. The predicted molar refractivity (Wildman–Crippen MR) is 69.8 cm³/mol. The third kappa shape index (κ3) is 2.42. The summed E-state index contributed by atoms with van der Waals surface area (Å²) >= 11 is 3.26. The number of amides is 1. The van der Waals surface area contributed by atoms with Crippen molar-refractivity contribution < 1.29 is 14.3 Å². The van der Waals surface area contributed by atoms with Gasteiger partial charge in [-0.2, -0.15) is 0 Å². The lowest BCUT2D eigenvalue weighted by atomic mass is 10.0. The maximum absolute atomic E-state index is 13.2. The Bertz CT molecular complexity index is 466. The zero-order valence-electron chi connectivity index (χ0n) is 10.1. The smallest absolute Gasteiger partial charge is 0.255 e. The summed E-state index contributed by atoms with van der Waals surface area (Å²) in [5, 5.41) is 9.35. The van der Waals surface area contributed by atoms with Gasteiger partial charge in [-0.15, -0.1) is 0 Å². The van der Waals surface area contributed by atoms with Gasteiger partial charge >= 0.3 is 0 Å². The minimum absolute atomic E-state index is 0.0557. The molecular formula is C13H15BrFNO2. The molecule has 0 aliphatic carbocycles. The van der Waals surface area contributed by atoms with Gasteiger partial charge in [-0.25, -0.2) is 4.39 Å². The molecule has 1 aliphatic rings. The highest BCUT2D eigenvalue weighted by Crippen LogP contribution is 2.27. The number of rotatable bonds is 2. The van der Waals surface area contributed by atoms with Crippen molar-refractivity contribution in [3.63, 3.8) is 0 Å². The van der Waals surface area contributed by atoms with Gasteiger partial charge in [-0.1, -0.05) is 6.92 Å². The molecule has 2 atom stereocenters. The van der Waals surface area contributed by atoms with E-state index >= 15 is 0 Å². The molecular weight excluding hydrogens is 301 g/mol. The van der Waals surface area contributed by atoms with Crippen LogP contribution in [0.15, 0.2) is 22.7 Å². The van der Waals surface area contributed by atoms with Crippen molar-refractivity contribution in [1.82, 2.24) is 4.90 Å². The number of aliphatic hydroxyl groups excluding tert-OH is 1. The fourth-order valence-electron chi connectivity index (χ4n) is 2.35. The molecule has 98 valence electrons. The average Bonchev–Trinajstić information content (AvgIpc) is 2.72. The fraction of sp³-hybridized carbons (Fsp3) is 0.462. The van der Waals surface area contributed by atoms with Crippen molar-refractivity contribution in [3.8, 4) is 0 Å². The third-order valence-electron chi connectivity index (χ3n) is 3.49. The van der Waals surface area contributed by atoms with Gasteiger partial charge in [-0.3, -0.25) is 4.79 Å². The van der Waals surface area contributed by atoms with Crippen LogP contribution in [0.5, 0.6) is 0 Å². The van der Waals surface area contributed by atoms with Crippen molar-refractivity contribution in [1.29, 1.82) is 0 Å². The summed E-state index contributed by atoms with van der Waals surface area (Å²) in [7, 11) is 0. The van der Waals surface area contributed by atoms with Crippen LogP contribution in [0.2, 0.25) is 0 Å². The molecule has 1 heterocycles. The first-order chi connectivity index (χ1) is 8.54. The summed E-state index contributed by atoms with van der Waals surface area (Å²) in [6, 6.07) is 3.88. The highest BCUT2D eigenvalue weighted by atomic mass is 79.9. The van der Waals surface area contributed by atoms with Gasteiger partial charge in [0.1, 0.15) is 5.82 Å². The molecule has 1 aliphatic heterocycles. The van der Waals surface area contributed by atoms with Crippen molar-refractivity contribution in [2.45, 2.75) is 19.4 Å². The largest absolute Gasteiger partial charge is 0.394 e. The summed E-state index contributed by atoms with van der Waals surface area (Å²) in [4.78, 5) is 14.0. The lowest BCUT2D eigenvalue weighted by molar-refractivity contribution is 0.0647. The van der Waals surface area contributed by atoms with Crippen LogP contribution in [0.25, 0.3) is 0 Å². The minimum atomic E-state index is -0.436. The molecule has 3 nitrogen and oxygen atoms in total. The first-order valence-electron chi connectivity index (χ1n) is 5.91. The summed E-state index contributed by atoms with van der Waals surface area (Å²) in [5.41, 5.74) is 0.308. The van der Waals surface area contributed by atoms with Crippen LogP contribution in [0.4, 0.5) is 4.39 Å². The summed E-state index contributed by atoms with van der Waals surface area (Å²) in [6.07, 6.45) is 0.865. The summed E-state index contributed by atoms with van der Waals surface area (Å²) in [6.45, 7) is 2.56. The fourth-order valence-corrected chi connectivity index (χ4v) is 2.77. The highest BCUT2D eigenvalue weighted by Gasteiger charge is 2.34. The van der Waals surface area contributed by atoms with Gasteiger partial charge in [0, 0.05) is 11.0 Å². The number of likely N-dealkylation sites (tertiary alicyclic amines) is 1. The number of nitrogens with zero attached hydrogens (tertiary/aromatic N) is 1. The molecule has 2 unspecified atom stereocenters. The number of carbonyl (C=O) groups is 1. The second kappa shape index (κ2) is 5.36. The SMILES string of the molecule is CC1CCN(C(=O)c2cc(F)ccc2Br)C1CO. The molecule has 2 rings (SSSR count). The number of benzene rings is 1. The van der Waals surface area contributed by atoms with Gasteiger partial charge in [0.05, 0.1) is 18.2 Å². The van der Waals surface area contributed by atoms with E-state index < -0.39 is 5.82 Å². The molecule has 0 spiro atoms. The van der Waals surface area contributed by atoms with E-state index in [0.29, 0.717) is 16.6 Å². The van der Waals surface area contributed by atoms with E-state index in [1.54, 1.807) is 4.90 Å². The van der Waals surface area contributed by atoms with Gasteiger partial charge in [0.2, 0.25) is 0 Å². The number of halogens is 2. The molecule has 1 fully saturated rings.